The minimum Gasteiger partial charge on any atom is -0.354 e. The highest BCUT2D eigenvalue weighted by Crippen LogP contribution is 2.27. The second kappa shape index (κ2) is 9.18. The van der Waals surface area contributed by atoms with E-state index in [-0.39, 0.29) is 11.8 Å². The van der Waals surface area contributed by atoms with Crippen LogP contribution in [0.1, 0.15) is 43.4 Å². The molecule has 0 radical (unpaired) electrons. The first-order valence-corrected chi connectivity index (χ1v) is 9.08. The highest BCUT2D eigenvalue weighted by Gasteiger charge is 2.16. The van der Waals surface area contributed by atoms with Gasteiger partial charge < -0.3 is 10.2 Å². The molecule has 2 rings (SSSR count). The monoisotopic (exact) mass is 352 g/mol. The van der Waals surface area contributed by atoms with Crippen LogP contribution in [0.5, 0.6) is 0 Å². The van der Waals surface area contributed by atoms with Crippen LogP contribution in [-0.4, -0.2) is 24.9 Å². The number of aryl methyl sites for hydroxylation is 1. The summed E-state index contributed by atoms with van der Waals surface area (Å²) in [6.07, 6.45) is 0.356. The van der Waals surface area contributed by atoms with Crippen molar-refractivity contribution in [1.29, 1.82) is 0 Å². The number of nitrogens with zero attached hydrogens (tertiary/aromatic N) is 1. The van der Waals surface area contributed by atoms with E-state index >= 15 is 0 Å². The minimum atomic E-state index is -0.0278. The number of rotatable bonds is 7. The van der Waals surface area contributed by atoms with Crippen LogP contribution in [0.15, 0.2) is 48.5 Å². The van der Waals surface area contributed by atoms with Crippen molar-refractivity contribution in [3.63, 3.8) is 0 Å². The van der Waals surface area contributed by atoms with E-state index in [2.05, 4.69) is 19.2 Å². The van der Waals surface area contributed by atoms with Gasteiger partial charge in [-0.3, -0.25) is 9.59 Å². The SMILES string of the molecule is CC(=O)N(CCNC(=O)Cc1ccccc1C)c1ccccc1C(C)C. The maximum absolute atomic E-state index is 12.2. The zero-order chi connectivity index (χ0) is 19.1. The van der Waals surface area contributed by atoms with Crippen molar-refractivity contribution in [2.24, 2.45) is 0 Å². The molecule has 0 spiro atoms. The largest absolute Gasteiger partial charge is 0.354 e. The fourth-order valence-corrected chi connectivity index (χ4v) is 3.02. The molecule has 0 aromatic heterocycles. The zero-order valence-electron chi connectivity index (χ0n) is 16.1. The van der Waals surface area contributed by atoms with Crippen molar-refractivity contribution in [3.05, 3.63) is 65.2 Å². The van der Waals surface area contributed by atoms with Crippen LogP contribution < -0.4 is 10.2 Å². The van der Waals surface area contributed by atoms with Gasteiger partial charge in [0, 0.05) is 25.7 Å². The first-order valence-electron chi connectivity index (χ1n) is 9.08. The first kappa shape index (κ1) is 19.7. The number of benzene rings is 2. The summed E-state index contributed by atoms with van der Waals surface area (Å²) in [6.45, 7) is 8.67. The van der Waals surface area contributed by atoms with Gasteiger partial charge in [0.25, 0.3) is 0 Å². The van der Waals surface area contributed by atoms with E-state index in [1.165, 1.54) is 0 Å². The van der Waals surface area contributed by atoms with Gasteiger partial charge in [-0.2, -0.15) is 0 Å². The van der Waals surface area contributed by atoms with Crippen LogP contribution in [0.2, 0.25) is 0 Å². The van der Waals surface area contributed by atoms with E-state index in [0.29, 0.717) is 25.4 Å². The van der Waals surface area contributed by atoms with E-state index in [0.717, 1.165) is 22.4 Å². The molecule has 0 aliphatic carbocycles. The summed E-state index contributed by atoms with van der Waals surface area (Å²) in [5.74, 6) is 0.273. The van der Waals surface area contributed by atoms with Crippen LogP contribution in [-0.2, 0) is 16.0 Å². The lowest BCUT2D eigenvalue weighted by atomic mass is 10.0. The molecule has 0 atom stereocenters. The van der Waals surface area contributed by atoms with Gasteiger partial charge in [0.2, 0.25) is 11.8 Å². The van der Waals surface area contributed by atoms with E-state index in [9.17, 15) is 9.59 Å². The van der Waals surface area contributed by atoms with E-state index < -0.39 is 0 Å². The predicted molar refractivity (Wildman–Crippen MR) is 106 cm³/mol. The van der Waals surface area contributed by atoms with Crippen LogP contribution in [0.25, 0.3) is 0 Å². The molecule has 0 aliphatic rings. The topological polar surface area (TPSA) is 49.4 Å². The molecule has 2 aromatic rings. The summed E-state index contributed by atoms with van der Waals surface area (Å²) >= 11 is 0. The second-order valence-corrected chi connectivity index (χ2v) is 6.84. The van der Waals surface area contributed by atoms with Crippen LogP contribution in [0, 0.1) is 6.92 Å². The summed E-state index contributed by atoms with van der Waals surface area (Å²) in [7, 11) is 0. The molecular weight excluding hydrogens is 324 g/mol. The van der Waals surface area contributed by atoms with Gasteiger partial charge in [-0.05, 0) is 35.6 Å². The molecule has 0 saturated heterocycles. The Kier molecular flexibility index (Phi) is 6.96. The van der Waals surface area contributed by atoms with Gasteiger partial charge in [-0.15, -0.1) is 0 Å². The summed E-state index contributed by atoms with van der Waals surface area (Å²) in [4.78, 5) is 26.1. The molecule has 2 aromatic carbocycles. The summed E-state index contributed by atoms with van der Waals surface area (Å²) < 4.78 is 0. The fourth-order valence-electron chi connectivity index (χ4n) is 3.02. The molecule has 0 bridgehead atoms. The molecule has 4 heteroatoms. The third-order valence-corrected chi connectivity index (χ3v) is 4.50. The third-order valence-electron chi connectivity index (χ3n) is 4.50. The molecule has 138 valence electrons. The molecule has 0 heterocycles. The average Bonchev–Trinajstić information content (AvgIpc) is 2.60. The maximum Gasteiger partial charge on any atom is 0.224 e. The standard InChI is InChI=1S/C22H28N2O2/c1-16(2)20-11-7-8-12-21(20)24(18(4)25)14-13-23-22(26)15-19-10-6-5-9-17(19)3/h5-12,16H,13-15H2,1-4H3,(H,23,26). The number of amides is 2. The Morgan fingerprint density at radius 1 is 1.04 bits per heavy atom. The van der Waals surface area contributed by atoms with Crippen molar-refractivity contribution in [2.45, 2.75) is 40.0 Å². The van der Waals surface area contributed by atoms with Crippen molar-refractivity contribution >= 4 is 17.5 Å². The van der Waals surface area contributed by atoms with Crippen LogP contribution in [0.4, 0.5) is 5.69 Å². The number of carbonyl (C=O) groups is 2. The quantitative estimate of drug-likeness (QED) is 0.823. The minimum absolute atomic E-state index is 0.0220. The zero-order valence-corrected chi connectivity index (χ0v) is 16.1. The molecule has 0 fully saturated rings. The lowest BCUT2D eigenvalue weighted by molar-refractivity contribution is -0.121. The number of anilines is 1. The molecule has 0 saturated carbocycles. The van der Waals surface area contributed by atoms with Gasteiger partial charge in [0.15, 0.2) is 0 Å². The number of nitrogens with one attached hydrogen (secondary N) is 1. The highest BCUT2D eigenvalue weighted by molar-refractivity contribution is 5.92. The lowest BCUT2D eigenvalue weighted by Crippen LogP contribution is -2.38. The fraction of sp³-hybridized carbons (Fsp3) is 0.364. The number of hydrogen-bond donors (Lipinski definition) is 1. The van der Waals surface area contributed by atoms with Gasteiger partial charge in [0.05, 0.1) is 6.42 Å². The van der Waals surface area contributed by atoms with E-state index in [1.807, 2.05) is 55.5 Å². The first-order chi connectivity index (χ1) is 12.4. The van der Waals surface area contributed by atoms with E-state index in [4.69, 9.17) is 0 Å². The maximum atomic E-state index is 12.2. The second-order valence-electron chi connectivity index (χ2n) is 6.84. The summed E-state index contributed by atoms with van der Waals surface area (Å²) in [5, 5.41) is 2.93. The average molecular weight is 352 g/mol. The third kappa shape index (κ3) is 5.19. The van der Waals surface area contributed by atoms with Gasteiger partial charge >= 0.3 is 0 Å². The Balaban J connectivity index is 1.99. The van der Waals surface area contributed by atoms with E-state index in [1.54, 1.807) is 11.8 Å². The molecular formula is C22H28N2O2. The Labute approximate surface area is 156 Å². The molecule has 4 nitrogen and oxygen atoms in total. The Morgan fingerprint density at radius 2 is 1.69 bits per heavy atom. The van der Waals surface area contributed by atoms with Gasteiger partial charge in [-0.1, -0.05) is 56.3 Å². The molecule has 1 N–H and O–H groups in total. The van der Waals surface area contributed by atoms with Crippen molar-refractivity contribution < 1.29 is 9.59 Å². The predicted octanol–water partition coefficient (Wildman–Crippen LogP) is 3.83. The lowest BCUT2D eigenvalue weighted by Gasteiger charge is -2.25. The van der Waals surface area contributed by atoms with Crippen molar-refractivity contribution in [2.75, 3.05) is 18.0 Å². The molecule has 0 aliphatic heterocycles. The summed E-state index contributed by atoms with van der Waals surface area (Å²) in [6, 6.07) is 15.8. The Bertz CT molecular complexity index is 768. The number of para-hydroxylation sites is 1. The smallest absolute Gasteiger partial charge is 0.224 e. The number of hydrogen-bond acceptors (Lipinski definition) is 2. The highest BCUT2D eigenvalue weighted by atomic mass is 16.2. The van der Waals surface area contributed by atoms with Crippen molar-refractivity contribution in [1.82, 2.24) is 5.32 Å². The normalized spacial score (nSPS) is 10.7. The van der Waals surface area contributed by atoms with Crippen molar-refractivity contribution in [3.8, 4) is 0 Å². The summed E-state index contributed by atoms with van der Waals surface area (Å²) in [5.41, 5.74) is 4.19. The van der Waals surface area contributed by atoms with Crippen LogP contribution in [0.3, 0.4) is 0 Å². The Hall–Kier alpha value is -2.62. The molecule has 2 amide bonds. The Morgan fingerprint density at radius 3 is 2.35 bits per heavy atom. The molecule has 26 heavy (non-hydrogen) atoms. The molecule has 0 unspecified atom stereocenters. The van der Waals surface area contributed by atoms with Gasteiger partial charge in [0.1, 0.15) is 0 Å². The van der Waals surface area contributed by atoms with Gasteiger partial charge in [-0.25, -0.2) is 0 Å². The van der Waals surface area contributed by atoms with Crippen LogP contribution >= 0.6 is 0 Å². The number of carbonyl (C=O) groups excluding carboxylic acids is 2.